The van der Waals surface area contributed by atoms with Gasteiger partial charge in [0.15, 0.2) is 0 Å². The summed E-state index contributed by atoms with van der Waals surface area (Å²) in [7, 11) is 0. The Kier molecular flexibility index (Phi) is 4.02. The minimum atomic E-state index is 0.288. The zero-order chi connectivity index (χ0) is 11.4. The van der Waals surface area contributed by atoms with Crippen molar-refractivity contribution in [2.75, 3.05) is 13.2 Å². The summed E-state index contributed by atoms with van der Waals surface area (Å²) in [6, 6.07) is 2.30. The van der Waals surface area contributed by atoms with Crippen LogP contribution in [-0.4, -0.2) is 19.3 Å². The molecular weight excluding hydrogens is 202 g/mol. The van der Waals surface area contributed by atoms with Crippen LogP contribution in [0.2, 0.25) is 0 Å². The third-order valence-corrected chi connectivity index (χ3v) is 3.24. The summed E-state index contributed by atoms with van der Waals surface area (Å²) in [4.78, 5) is 0. The molecule has 3 heteroatoms. The second-order valence-electron chi connectivity index (χ2n) is 4.57. The van der Waals surface area contributed by atoms with Crippen molar-refractivity contribution in [1.29, 1.82) is 0 Å². The summed E-state index contributed by atoms with van der Waals surface area (Å²) >= 11 is 0. The van der Waals surface area contributed by atoms with E-state index in [0.717, 1.165) is 25.3 Å². The molecule has 1 saturated heterocycles. The minimum Gasteiger partial charge on any atom is -0.467 e. The van der Waals surface area contributed by atoms with Crippen molar-refractivity contribution in [3.63, 3.8) is 0 Å². The summed E-state index contributed by atoms with van der Waals surface area (Å²) < 4.78 is 11.0. The van der Waals surface area contributed by atoms with Gasteiger partial charge < -0.3 is 14.5 Å². The van der Waals surface area contributed by atoms with Crippen LogP contribution in [0.4, 0.5) is 0 Å². The third kappa shape index (κ3) is 2.86. The van der Waals surface area contributed by atoms with Crippen LogP contribution < -0.4 is 5.32 Å². The predicted octanol–water partition coefficient (Wildman–Crippen LogP) is 2.81. The maximum Gasteiger partial charge on any atom is 0.123 e. The molecule has 0 aliphatic carbocycles. The molecule has 2 atom stereocenters. The van der Waals surface area contributed by atoms with Gasteiger partial charge in [-0.3, -0.25) is 0 Å². The van der Waals surface area contributed by atoms with E-state index >= 15 is 0 Å². The highest BCUT2D eigenvalue weighted by Gasteiger charge is 2.16. The lowest BCUT2D eigenvalue weighted by atomic mass is 10.1. The van der Waals surface area contributed by atoms with E-state index in [4.69, 9.17) is 9.15 Å². The molecule has 16 heavy (non-hydrogen) atoms. The van der Waals surface area contributed by atoms with Gasteiger partial charge in [0.25, 0.3) is 0 Å². The van der Waals surface area contributed by atoms with Gasteiger partial charge in [-0.1, -0.05) is 0 Å². The van der Waals surface area contributed by atoms with Crippen molar-refractivity contribution in [2.24, 2.45) is 0 Å². The second-order valence-corrected chi connectivity index (χ2v) is 4.57. The highest BCUT2D eigenvalue weighted by molar-refractivity contribution is 5.17. The molecule has 90 valence electrons. The van der Waals surface area contributed by atoms with Gasteiger partial charge in [-0.05, 0) is 51.3 Å². The maximum absolute atomic E-state index is 5.59. The average Bonchev–Trinajstić information content (AvgIpc) is 2.88. The number of hydrogen-bond donors (Lipinski definition) is 1. The maximum atomic E-state index is 5.59. The molecule has 1 aromatic heterocycles. The molecule has 0 aromatic carbocycles. The van der Waals surface area contributed by atoms with Gasteiger partial charge >= 0.3 is 0 Å². The molecule has 0 saturated carbocycles. The van der Waals surface area contributed by atoms with Crippen LogP contribution in [-0.2, 0) is 4.74 Å². The van der Waals surface area contributed by atoms with Crippen LogP contribution in [0.3, 0.4) is 0 Å². The normalized spacial score (nSPS) is 22.5. The molecule has 0 radical (unpaired) electrons. The van der Waals surface area contributed by atoms with E-state index in [1.807, 2.05) is 6.07 Å². The van der Waals surface area contributed by atoms with Gasteiger partial charge in [-0.2, -0.15) is 0 Å². The second kappa shape index (κ2) is 5.51. The van der Waals surface area contributed by atoms with Crippen molar-refractivity contribution < 1.29 is 9.15 Å². The lowest BCUT2D eigenvalue weighted by molar-refractivity contribution is 0.103. The molecule has 0 unspecified atom stereocenters. The largest absolute Gasteiger partial charge is 0.467 e. The molecule has 3 nitrogen and oxygen atoms in total. The molecule has 1 aromatic rings. The Balaban J connectivity index is 1.71. The summed E-state index contributed by atoms with van der Waals surface area (Å²) in [6.45, 7) is 6.15. The van der Waals surface area contributed by atoms with Crippen LogP contribution in [0, 0.1) is 6.92 Å². The SMILES string of the molecule is Cc1ccoc1[C@H](C)NCC[C@H]1CCCO1. The Morgan fingerprint density at radius 2 is 2.44 bits per heavy atom. The smallest absolute Gasteiger partial charge is 0.123 e. The summed E-state index contributed by atoms with van der Waals surface area (Å²) in [5.41, 5.74) is 1.22. The zero-order valence-electron chi connectivity index (χ0n) is 10.2. The number of ether oxygens (including phenoxy) is 1. The Morgan fingerprint density at radius 1 is 1.56 bits per heavy atom. The molecule has 1 aliphatic rings. The van der Waals surface area contributed by atoms with E-state index in [2.05, 4.69) is 19.2 Å². The quantitative estimate of drug-likeness (QED) is 0.833. The third-order valence-electron chi connectivity index (χ3n) is 3.24. The van der Waals surface area contributed by atoms with Crippen LogP contribution in [0.15, 0.2) is 16.7 Å². The molecule has 1 N–H and O–H groups in total. The van der Waals surface area contributed by atoms with Crippen LogP contribution in [0.25, 0.3) is 0 Å². The Labute approximate surface area is 97.2 Å². The summed E-state index contributed by atoms with van der Waals surface area (Å²) in [5, 5.41) is 3.48. The number of nitrogens with one attached hydrogen (secondary N) is 1. The van der Waals surface area contributed by atoms with E-state index < -0.39 is 0 Å². The van der Waals surface area contributed by atoms with Crippen LogP contribution in [0.5, 0.6) is 0 Å². The van der Waals surface area contributed by atoms with E-state index in [1.165, 1.54) is 18.4 Å². The van der Waals surface area contributed by atoms with Crippen molar-refractivity contribution in [2.45, 2.75) is 45.3 Å². The highest BCUT2D eigenvalue weighted by Crippen LogP contribution is 2.19. The lowest BCUT2D eigenvalue weighted by Gasteiger charge is -2.14. The summed E-state index contributed by atoms with van der Waals surface area (Å²) in [6.07, 6.45) is 5.76. The first-order chi connectivity index (χ1) is 7.77. The fourth-order valence-corrected chi connectivity index (χ4v) is 2.25. The van der Waals surface area contributed by atoms with E-state index in [9.17, 15) is 0 Å². The fourth-order valence-electron chi connectivity index (χ4n) is 2.25. The van der Waals surface area contributed by atoms with Gasteiger partial charge in [0.2, 0.25) is 0 Å². The Morgan fingerprint density at radius 3 is 3.06 bits per heavy atom. The van der Waals surface area contributed by atoms with Crippen LogP contribution >= 0.6 is 0 Å². The first-order valence-corrected chi connectivity index (χ1v) is 6.16. The number of furan rings is 1. The Bertz CT molecular complexity index is 315. The molecule has 0 bridgehead atoms. The first-order valence-electron chi connectivity index (χ1n) is 6.16. The lowest BCUT2D eigenvalue weighted by Crippen LogP contribution is -2.23. The van der Waals surface area contributed by atoms with Crippen LogP contribution in [0.1, 0.15) is 43.6 Å². The molecule has 2 heterocycles. The fraction of sp³-hybridized carbons (Fsp3) is 0.692. The van der Waals surface area contributed by atoms with Gasteiger partial charge in [0.05, 0.1) is 18.4 Å². The molecule has 1 aliphatic heterocycles. The van der Waals surface area contributed by atoms with E-state index in [1.54, 1.807) is 6.26 Å². The highest BCUT2D eigenvalue weighted by atomic mass is 16.5. The number of rotatable bonds is 5. The number of hydrogen-bond acceptors (Lipinski definition) is 3. The van der Waals surface area contributed by atoms with Crippen molar-refractivity contribution >= 4 is 0 Å². The average molecular weight is 223 g/mol. The van der Waals surface area contributed by atoms with Crippen molar-refractivity contribution in [3.05, 3.63) is 23.7 Å². The van der Waals surface area contributed by atoms with Crippen molar-refractivity contribution in [1.82, 2.24) is 5.32 Å². The predicted molar refractivity (Wildman–Crippen MR) is 63.5 cm³/mol. The molecule has 0 spiro atoms. The minimum absolute atomic E-state index is 0.288. The van der Waals surface area contributed by atoms with Crippen molar-refractivity contribution in [3.8, 4) is 0 Å². The monoisotopic (exact) mass is 223 g/mol. The van der Waals surface area contributed by atoms with Gasteiger partial charge in [0, 0.05) is 6.61 Å². The van der Waals surface area contributed by atoms with E-state index in [0.29, 0.717) is 6.10 Å². The van der Waals surface area contributed by atoms with Gasteiger partial charge in [0.1, 0.15) is 5.76 Å². The molecule has 1 fully saturated rings. The first kappa shape index (κ1) is 11.7. The molecule has 0 amide bonds. The number of aryl methyl sites for hydroxylation is 1. The van der Waals surface area contributed by atoms with Gasteiger partial charge in [-0.25, -0.2) is 0 Å². The standard InChI is InChI=1S/C13H21NO2/c1-10-6-9-16-13(10)11(2)14-7-5-12-4-3-8-15-12/h6,9,11-12,14H,3-5,7-8H2,1-2H3/t11-,12+/m0/s1. The summed E-state index contributed by atoms with van der Waals surface area (Å²) in [5.74, 6) is 1.05. The molecular formula is C13H21NO2. The molecule has 2 rings (SSSR count). The van der Waals surface area contributed by atoms with E-state index in [-0.39, 0.29) is 6.04 Å². The Hall–Kier alpha value is -0.800. The zero-order valence-corrected chi connectivity index (χ0v) is 10.2. The van der Waals surface area contributed by atoms with Gasteiger partial charge in [-0.15, -0.1) is 0 Å². The topological polar surface area (TPSA) is 34.4 Å².